The summed E-state index contributed by atoms with van der Waals surface area (Å²) in [6, 6.07) is -7.36. The van der Waals surface area contributed by atoms with Crippen molar-refractivity contribution in [3.05, 3.63) is 140 Å². The number of thiazole rings is 9. The molecule has 0 unspecified atom stereocenters. The Hall–Kier alpha value is -12.5. The van der Waals surface area contributed by atoms with Crippen LogP contribution in [0.25, 0.3) is 0 Å². The highest BCUT2D eigenvalue weighted by molar-refractivity contribution is 7.16. The molecule has 45 nitrogen and oxygen atoms in total. The average Bonchev–Trinajstić information content (AvgIpc) is 1.65. The van der Waals surface area contributed by atoms with E-state index in [2.05, 4.69) is 79.4 Å². The topological polar surface area (TPSA) is 763 Å². The molecule has 136 heavy (non-hydrogen) atoms. The van der Waals surface area contributed by atoms with Crippen LogP contribution < -0.4 is 115 Å². The van der Waals surface area contributed by atoms with Crippen LogP contribution in [0.2, 0.25) is 0 Å². The molecule has 9 heterocycles. The van der Waals surface area contributed by atoms with E-state index in [4.69, 9.17) is 112 Å². The van der Waals surface area contributed by atoms with E-state index in [9.17, 15) is 24.0 Å². The molecule has 0 radical (unpaired) electrons. The zero-order chi connectivity index (χ0) is 99.8. The summed E-state index contributed by atoms with van der Waals surface area (Å²) in [4.78, 5) is 176. The Labute approximate surface area is 820 Å². The Balaban J connectivity index is 0.941. The Bertz CT molecular complexity index is 5880. The molecule has 0 saturated carbocycles. The molecule has 9 atom stereocenters. The van der Waals surface area contributed by atoms with Crippen LogP contribution in [0.3, 0.4) is 0 Å². The van der Waals surface area contributed by atoms with Gasteiger partial charge in [0.2, 0.25) is 0 Å². The number of nitrogens with two attached hydrogens (primary N) is 7. The van der Waals surface area contributed by atoms with Gasteiger partial charge in [0.05, 0.1) is 145 Å². The van der Waals surface area contributed by atoms with Gasteiger partial charge in [-0.05, 0) is 141 Å². The zero-order valence-corrected chi connectivity index (χ0v) is 84.7. The van der Waals surface area contributed by atoms with Crippen LogP contribution in [0.5, 0.6) is 0 Å². The molecule has 0 spiro atoms. The third-order valence-electron chi connectivity index (χ3n) is 20.6. The molecular formula is C82H118N36O9S9. The summed E-state index contributed by atoms with van der Waals surface area (Å²) >= 11 is 9.92. The second-order valence-electron chi connectivity index (χ2n) is 31.9. The summed E-state index contributed by atoms with van der Waals surface area (Å²) in [6.07, 6.45) is 4.69. The monoisotopic (exact) mass is 2040 g/mol. The van der Waals surface area contributed by atoms with Gasteiger partial charge in [-0.3, -0.25) is 75.6 Å². The minimum atomic E-state index is -1.00. The first kappa shape index (κ1) is 107. The van der Waals surface area contributed by atoms with E-state index in [-0.39, 0.29) is 153 Å². The summed E-state index contributed by atoms with van der Waals surface area (Å²) < 4.78 is 0. The fraction of sp³-hybridized carbons (Fsp3) is 0.488. The van der Waals surface area contributed by atoms with Gasteiger partial charge in [-0.25, -0.2) is 44.9 Å². The van der Waals surface area contributed by atoms with Gasteiger partial charge in [-0.1, -0.05) is 6.92 Å². The smallest absolute Gasteiger partial charge is 0.263 e. The van der Waals surface area contributed by atoms with Crippen LogP contribution in [0, 0.1) is 74.0 Å². The van der Waals surface area contributed by atoms with E-state index >= 15 is 19.2 Å². The summed E-state index contributed by atoms with van der Waals surface area (Å²) in [5.74, 6) is -6.89. The van der Waals surface area contributed by atoms with Crippen molar-refractivity contribution < 1.29 is 43.2 Å². The highest BCUT2D eigenvalue weighted by Crippen LogP contribution is 2.38. The van der Waals surface area contributed by atoms with Crippen LogP contribution in [0.1, 0.15) is 344 Å². The minimum Gasteiger partial charge on any atom is -0.370 e. The number of aryl methyl sites for hydroxylation is 9. The first-order chi connectivity index (χ1) is 64.3. The fourth-order valence-corrected chi connectivity index (χ4v) is 23.1. The first-order valence-electron chi connectivity index (χ1n) is 43.4. The van der Waals surface area contributed by atoms with Crippen LogP contribution in [0.15, 0.2) is 0 Å². The van der Waals surface area contributed by atoms with Crippen molar-refractivity contribution in [1.29, 1.82) is 32.5 Å². The van der Waals surface area contributed by atoms with Crippen molar-refractivity contribution in [2.45, 2.75) is 221 Å². The molecule has 9 aromatic rings. The minimum absolute atomic E-state index is 0.0988. The molecule has 0 aliphatic heterocycles. The molecule has 0 aliphatic rings. The number of carbonyl (C=O) groups excluding carboxylic acids is 9. The van der Waals surface area contributed by atoms with Crippen molar-refractivity contribution in [3.8, 4) is 0 Å². The van der Waals surface area contributed by atoms with E-state index in [1.807, 2.05) is 13.8 Å². The molecular weight excluding hydrogens is 1920 g/mol. The summed E-state index contributed by atoms with van der Waals surface area (Å²) in [7, 11) is 0. The van der Waals surface area contributed by atoms with Crippen LogP contribution in [0.4, 0.5) is 0 Å². The number of hydrogen-bond donors (Lipinski definition) is 27. The number of primary amides is 1. The predicted molar refractivity (Wildman–Crippen MR) is 532 cm³/mol. The quantitative estimate of drug-likeness (QED) is 0.0106. The van der Waals surface area contributed by atoms with Crippen molar-refractivity contribution in [2.75, 3.05) is 39.3 Å². The Morgan fingerprint density at radius 1 is 0.250 bits per heavy atom. The lowest BCUT2D eigenvalue weighted by Gasteiger charge is -2.21. The summed E-state index contributed by atoms with van der Waals surface area (Å²) in [5.41, 5.74) is 41.7. The number of carbonyl (C=O) groups is 9. The molecule has 0 saturated heterocycles. The Morgan fingerprint density at radius 3 is 0.699 bits per heavy atom. The van der Waals surface area contributed by atoms with Crippen molar-refractivity contribution in [3.63, 3.8) is 0 Å². The zero-order valence-electron chi connectivity index (χ0n) is 77.3. The molecule has 0 bridgehead atoms. The standard InChI is InChI=1S/C82H118N36O9S9/c1-32(20-14-26-96-77(84)85)50-60(129-39(8)108-50)69(120)105-36(5)54-64(135-47(116-54)23-17-29-99-80(90)91)71(122)103-34(3)52-61(130-41(10)110-52)75(126)115-46(22-16-28-98-79(88)89)58-67(133-44(13)113-58)74(125)107-38(7)56-65(136-49(118-56)25-19-31-101-82(94)95)72(123)104-35(4)53-62(131-42(11)111-53)76(127)114-45(21-15-27-97-78(86)87)57-66(132-43(12)112-57)73(124)106-37(6)55-63(134-48(117-55)24-18-30-100-81(92)93)70(121)102-33(2)51-59(68(83)119)128-40(9)109-51/h32-38,45-46H,14-31H2,1-13H3,(H2,83,119)(H,102,121)(H,103,122)(H,104,123)(H,105,120)(H,106,124)(H,107,125)(H,114,127)(H,115,126)(H4,84,85,96)(H4,86,87,97)(H4,88,89,98)(H4,90,91,99)(H4,92,93,100)(H4,94,95,101)/t32-,33-,34-,35-,36-,37-,38-,45-,46-/m0/s1. The Kier molecular flexibility index (Phi) is 39.3. The highest BCUT2D eigenvalue weighted by atomic mass is 32.1. The molecule has 734 valence electrons. The molecule has 34 N–H and O–H groups in total. The van der Waals surface area contributed by atoms with Gasteiger partial charge < -0.3 is 115 Å². The van der Waals surface area contributed by atoms with Crippen LogP contribution in [-0.2, 0) is 19.3 Å². The van der Waals surface area contributed by atoms with Crippen LogP contribution in [-0.4, -0.2) is 173 Å². The molecule has 0 aromatic carbocycles. The third kappa shape index (κ3) is 30.3. The maximum Gasteiger partial charge on any atom is 0.263 e. The molecule has 9 rings (SSSR count). The van der Waals surface area contributed by atoms with Gasteiger partial charge in [0.1, 0.15) is 43.9 Å². The van der Waals surface area contributed by atoms with E-state index < -0.39 is 101 Å². The lowest BCUT2D eigenvalue weighted by Crippen LogP contribution is -2.35. The average molecular weight is 2040 g/mol. The van der Waals surface area contributed by atoms with Crippen molar-refractivity contribution in [2.24, 2.45) is 40.1 Å². The fourth-order valence-electron chi connectivity index (χ4n) is 14.4. The normalized spacial score (nSPS) is 13.2. The summed E-state index contributed by atoms with van der Waals surface area (Å²) in [5, 5.41) is 92.1. The van der Waals surface area contributed by atoms with Crippen molar-refractivity contribution in [1.82, 2.24) is 119 Å². The largest absolute Gasteiger partial charge is 0.370 e. The summed E-state index contributed by atoms with van der Waals surface area (Å²) in [6.45, 7) is 24.2. The molecule has 9 amide bonds. The molecule has 0 aliphatic carbocycles. The number of nitrogens with zero attached hydrogens (tertiary/aromatic N) is 9. The predicted octanol–water partition coefficient (Wildman–Crippen LogP) is 6.77. The van der Waals surface area contributed by atoms with Gasteiger partial charge in [0, 0.05) is 64.4 Å². The molecule has 9 aromatic heterocycles. The lowest BCUT2D eigenvalue weighted by molar-refractivity contribution is 0.0911. The van der Waals surface area contributed by atoms with Crippen molar-refractivity contribution >= 4 is 191 Å². The highest BCUT2D eigenvalue weighted by Gasteiger charge is 2.37. The first-order valence-corrected chi connectivity index (χ1v) is 50.8. The second-order valence-corrected chi connectivity index (χ2v) is 42.4. The van der Waals surface area contributed by atoms with Crippen LogP contribution >= 0.6 is 102 Å². The van der Waals surface area contributed by atoms with Gasteiger partial charge in [0.25, 0.3) is 53.2 Å². The van der Waals surface area contributed by atoms with E-state index in [0.29, 0.717) is 145 Å². The SMILES string of the molecule is Cc1nc([C@H](C)NC(=O)c2sc(CCCNC(=N)N)nc2[C@H](C)NC(=O)c2sc(C)nc2[C@H](CCCNC(=N)N)NC(=O)c2sc(C)nc2[C@H](C)NC(=O)c2sc(CCCNC(=N)N)nc2[C@H](C)NC(=O)c2sc(C)nc2[C@H](CCCNC(=N)N)NC(=O)c2sc(C)nc2[C@H](C)NC(=O)c2sc(CCCNC(=N)N)nc2[C@H](C)NC(=O)c2sc(C)nc2[C@@H](C)CCCNC(=N)N)c(C(N)=O)s1. The van der Waals surface area contributed by atoms with E-state index in [1.165, 1.54) is 11.3 Å². The molecule has 0 fully saturated rings. The second kappa shape index (κ2) is 49.8. The third-order valence-corrected chi connectivity index (χ3v) is 29.9. The maximum absolute atomic E-state index is 15.2. The number of hydrogen-bond acceptors (Lipinski definition) is 33. The number of amides is 9. The van der Waals surface area contributed by atoms with Gasteiger partial charge in [-0.2, -0.15) is 0 Å². The van der Waals surface area contributed by atoms with E-state index in [0.717, 1.165) is 90.7 Å². The van der Waals surface area contributed by atoms with E-state index in [1.54, 1.807) is 76.2 Å². The Morgan fingerprint density at radius 2 is 0.441 bits per heavy atom. The molecule has 54 heteroatoms. The van der Waals surface area contributed by atoms with Gasteiger partial charge >= 0.3 is 0 Å². The number of aromatic nitrogens is 9. The maximum atomic E-state index is 15.2. The number of rotatable bonds is 50. The van der Waals surface area contributed by atoms with Gasteiger partial charge in [-0.15, -0.1) is 102 Å². The van der Waals surface area contributed by atoms with Gasteiger partial charge in [0.15, 0.2) is 35.8 Å². The number of guanidine groups is 6. The number of nitrogens with one attached hydrogen (secondary N) is 20. The lowest BCUT2D eigenvalue weighted by atomic mass is 10.0.